The fraction of sp³-hybridized carbons (Fsp3) is 0.958. The van der Waals surface area contributed by atoms with E-state index >= 15 is 0 Å². The van der Waals surface area contributed by atoms with E-state index in [4.69, 9.17) is 0 Å². The second-order valence-corrected chi connectivity index (χ2v) is 10.9. The van der Waals surface area contributed by atoms with Gasteiger partial charge < -0.3 is 9.80 Å². The minimum absolute atomic E-state index is 0.230. The van der Waals surface area contributed by atoms with Gasteiger partial charge in [-0.2, -0.15) is 0 Å². The molecule has 2 saturated carbocycles. The molecule has 0 aromatic carbocycles. The van der Waals surface area contributed by atoms with Crippen LogP contribution in [0.25, 0.3) is 0 Å². The summed E-state index contributed by atoms with van der Waals surface area (Å²) in [5, 5.41) is 0. The van der Waals surface area contributed by atoms with Gasteiger partial charge in [0.1, 0.15) is 5.78 Å². The van der Waals surface area contributed by atoms with Gasteiger partial charge in [-0.1, -0.05) is 20.8 Å². The van der Waals surface area contributed by atoms with E-state index in [1.54, 1.807) is 0 Å². The van der Waals surface area contributed by atoms with Crippen molar-refractivity contribution in [2.45, 2.75) is 97.1 Å². The second kappa shape index (κ2) is 8.14. The zero-order valence-electron chi connectivity index (χ0n) is 18.1. The average molecular weight is 375 g/mol. The Morgan fingerprint density at radius 2 is 1.30 bits per heavy atom. The lowest BCUT2D eigenvalue weighted by Gasteiger charge is -2.53. The van der Waals surface area contributed by atoms with Crippen molar-refractivity contribution in [2.24, 2.45) is 23.2 Å². The normalized spacial score (nSPS) is 37.6. The minimum Gasteiger partial charge on any atom is -0.300 e. The number of hydrogen-bond acceptors (Lipinski definition) is 3. The van der Waals surface area contributed by atoms with Crippen LogP contribution in [0.3, 0.4) is 0 Å². The molecule has 4 aliphatic rings. The maximum absolute atomic E-state index is 12.2. The molecule has 0 atom stereocenters. The van der Waals surface area contributed by atoms with Crippen molar-refractivity contribution >= 4 is 5.78 Å². The van der Waals surface area contributed by atoms with E-state index < -0.39 is 0 Å². The monoisotopic (exact) mass is 374 g/mol. The molecule has 0 amide bonds. The Morgan fingerprint density at radius 1 is 0.815 bits per heavy atom. The molecule has 27 heavy (non-hydrogen) atoms. The predicted octanol–water partition coefficient (Wildman–Crippen LogP) is 4.75. The van der Waals surface area contributed by atoms with Crippen LogP contribution in [0.5, 0.6) is 0 Å². The lowest BCUT2D eigenvalue weighted by molar-refractivity contribution is -0.135. The predicted molar refractivity (Wildman–Crippen MR) is 112 cm³/mol. The summed E-state index contributed by atoms with van der Waals surface area (Å²) in [5.74, 6) is 2.09. The molecule has 0 bridgehead atoms. The van der Waals surface area contributed by atoms with Crippen molar-refractivity contribution in [2.75, 3.05) is 26.2 Å². The first kappa shape index (κ1) is 19.9. The molecule has 0 aromatic heterocycles. The standard InChI is InChI=1S/C24H42N2O/c1-18(2)23(27)20-16-24(17-20)10-4-21(5-11-24)26-14-8-22(9-15-26)25-12-6-19(3)7-13-25/h18-22H,4-17H2,1-3H3/t20-,21-,24?. The highest BCUT2D eigenvalue weighted by Crippen LogP contribution is 2.56. The van der Waals surface area contributed by atoms with Crippen LogP contribution >= 0.6 is 0 Å². The Balaban J connectivity index is 1.19. The van der Waals surface area contributed by atoms with Gasteiger partial charge >= 0.3 is 0 Å². The van der Waals surface area contributed by atoms with Crippen LogP contribution in [0.15, 0.2) is 0 Å². The number of hydrogen-bond donors (Lipinski definition) is 0. The Labute approximate surface area is 167 Å². The average Bonchev–Trinajstić information content (AvgIpc) is 2.66. The van der Waals surface area contributed by atoms with E-state index in [1.165, 1.54) is 90.4 Å². The number of piperidine rings is 2. The summed E-state index contributed by atoms with van der Waals surface area (Å²) in [6.45, 7) is 11.9. The fourth-order valence-corrected chi connectivity index (χ4v) is 6.66. The zero-order chi connectivity index (χ0) is 19.0. The molecule has 0 unspecified atom stereocenters. The van der Waals surface area contributed by atoms with Crippen LogP contribution in [0.2, 0.25) is 0 Å². The van der Waals surface area contributed by atoms with Gasteiger partial charge in [-0.05, 0) is 102 Å². The smallest absolute Gasteiger partial charge is 0.138 e. The maximum atomic E-state index is 12.2. The number of rotatable bonds is 4. The number of nitrogens with zero attached hydrogens (tertiary/aromatic N) is 2. The van der Waals surface area contributed by atoms with Crippen molar-refractivity contribution < 1.29 is 4.79 Å². The van der Waals surface area contributed by atoms with Crippen LogP contribution in [0.4, 0.5) is 0 Å². The summed E-state index contributed by atoms with van der Waals surface area (Å²) in [7, 11) is 0. The zero-order valence-corrected chi connectivity index (χ0v) is 18.1. The molecule has 0 aromatic rings. The third-order valence-electron chi connectivity index (χ3n) is 8.70. The van der Waals surface area contributed by atoms with Gasteiger partial charge in [0.25, 0.3) is 0 Å². The molecule has 154 valence electrons. The van der Waals surface area contributed by atoms with E-state index in [2.05, 4.69) is 30.6 Å². The third-order valence-corrected chi connectivity index (χ3v) is 8.70. The fourth-order valence-electron chi connectivity index (χ4n) is 6.66. The van der Waals surface area contributed by atoms with Crippen LogP contribution in [0, 0.1) is 23.2 Å². The van der Waals surface area contributed by atoms with Crippen LogP contribution < -0.4 is 0 Å². The van der Waals surface area contributed by atoms with Gasteiger partial charge in [-0.25, -0.2) is 0 Å². The molecule has 4 fully saturated rings. The van der Waals surface area contributed by atoms with Crippen molar-refractivity contribution in [3.8, 4) is 0 Å². The van der Waals surface area contributed by atoms with Crippen molar-refractivity contribution in [3.63, 3.8) is 0 Å². The summed E-state index contributed by atoms with van der Waals surface area (Å²) in [4.78, 5) is 17.9. The van der Waals surface area contributed by atoms with Gasteiger partial charge in [0.05, 0.1) is 0 Å². The van der Waals surface area contributed by atoms with Gasteiger partial charge in [-0.15, -0.1) is 0 Å². The molecule has 2 heterocycles. The largest absolute Gasteiger partial charge is 0.300 e. The van der Waals surface area contributed by atoms with Crippen LogP contribution in [0.1, 0.15) is 85.0 Å². The number of carbonyl (C=O) groups is 1. The molecule has 2 aliphatic carbocycles. The summed E-state index contributed by atoms with van der Waals surface area (Å²) in [6.07, 6.45) is 13.5. The lowest BCUT2D eigenvalue weighted by Crippen LogP contribution is -2.52. The van der Waals surface area contributed by atoms with Crippen molar-refractivity contribution in [3.05, 3.63) is 0 Å². The highest BCUT2D eigenvalue weighted by Gasteiger charge is 2.49. The Kier molecular flexibility index (Phi) is 6.00. The molecule has 4 rings (SSSR count). The Bertz CT molecular complexity index is 498. The first-order valence-corrected chi connectivity index (χ1v) is 12.0. The van der Waals surface area contributed by atoms with Crippen molar-refractivity contribution in [1.29, 1.82) is 0 Å². The first-order chi connectivity index (χ1) is 13.0. The van der Waals surface area contributed by atoms with Gasteiger partial charge in [0.2, 0.25) is 0 Å². The first-order valence-electron chi connectivity index (χ1n) is 12.0. The minimum atomic E-state index is 0.230. The van der Waals surface area contributed by atoms with Crippen LogP contribution in [-0.4, -0.2) is 53.8 Å². The SMILES string of the molecule is CC1CCN(C2CCN([C@H]3CCC4(CC3)C[C@H](C(=O)C(C)C)C4)CC2)CC1. The molecule has 2 aliphatic heterocycles. The molecule has 3 heteroatoms. The Hall–Kier alpha value is -0.410. The molecular formula is C24H42N2O. The van der Waals surface area contributed by atoms with Crippen LogP contribution in [-0.2, 0) is 4.79 Å². The highest BCUT2D eigenvalue weighted by molar-refractivity contribution is 5.83. The van der Waals surface area contributed by atoms with E-state index in [0.717, 1.165) is 18.0 Å². The highest BCUT2D eigenvalue weighted by atomic mass is 16.1. The van der Waals surface area contributed by atoms with Crippen molar-refractivity contribution in [1.82, 2.24) is 9.80 Å². The maximum Gasteiger partial charge on any atom is 0.138 e. The third kappa shape index (κ3) is 4.29. The molecule has 0 radical (unpaired) electrons. The number of Topliss-reactive ketones (excluding diaryl/α,β-unsaturated/α-hetero) is 1. The van der Waals surface area contributed by atoms with Gasteiger partial charge in [-0.3, -0.25) is 4.79 Å². The lowest BCUT2D eigenvalue weighted by atomic mass is 9.53. The topological polar surface area (TPSA) is 23.6 Å². The van der Waals surface area contributed by atoms with E-state index in [-0.39, 0.29) is 5.92 Å². The molecule has 0 N–H and O–H groups in total. The number of ketones is 1. The van der Waals surface area contributed by atoms with E-state index in [0.29, 0.717) is 17.1 Å². The molecule has 2 saturated heterocycles. The number of carbonyl (C=O) groups excluding carboxylic acids is 1. The van der Waals surface area contributed by atoms with E-state index in [9.17, 15) is 4.79 Å². The summed E-state index contributed by atoms with van der Waals surface area (Å²) >= 11 is 0. The molecule has 3 nitrogen and oxygen atoms in total. The summed E-state index contributed by atoms with van der Waals surface area (Å²) < 4.78 is 0. The number of likely N-dealkylation sites (tertiary alicyclic amines) is 2. The summed E-state index contributed by atoms with van der Waals surface area (Å²) in [5.41, 5.74) is 0.550. The quantitative estimate of drug-likeness (QED) is 0.710. The van der Waals surface area contributed by atoms with Gasteiger partial charge in [0.15, 0.2) is 0 Å². The molecule has 1 spiro atoms. The van der Waals surface area contributed by atoms with E-state index in [1.807, 2.05) is 0 Å². The summed E-state index contributed by atoms with van der Waals surface area (Å²) in [6, 6.07) is 1.69. The Morgan fingerprint density at radius 3 is 1.81 bits per heavy atom. The molecular weight excluding hydrogens is 332 g/mol. The second-order valence-electron chi connectivity index (χ2n) is 10.9. The van der Waals surface area contributed by atoms with Gasteiger partial charge in [0, 0.05) is 23.9 Å².